The number of aliphatic carboxylic acids is 1. The van der Waals surface area contributed by atoms with Crippen molar-refractivity contribution in [1.29, 1.82) is 0 Å². The van der Waals surface area contributed by atoms with Crippen molar-refractivity contribution in [2.45, 2.75) is 235 Å². The van der Waals surface area contributed by atoms with Gasteiger partial charge in [0.05, 0.1) is 72.6 Å². The number of benzene rings is 4. The zero-order valence-corrected chi connectivity index (χ0v) is 57.7. The molecule has 2 saturated carbocycles. The normalized spacial score (nSPS) is 37.2. The van der Waals surface area contributed by atoms with E-state index in [2.05, 4.69) is 0 Å². The number of aliphatic hydroxyl groups is 9. The molecular weight excluding hydrogens is 1360 g/mol. The zero-order chi connectivity index (χ0) is 75.7. The van der Waals surface area contributed by atoms with Crippen molar-refractivity contribution in [3.05, 3.63) is 120 Å². The van der Waals surface area contributed by atoms with Crippen LogP contribution in [0.25, 0.3) is 22.3 Å². The third-order valence-corrected chi connectivity index (χ3v) is 19.8. The van der Waals surface area contributed by atoms with E-state index in [1.807, 2.05) is 36.4 Å². The molecule has 576 valence electrons. The number of hydrogen-bond donors (Lipinski definition) is 20. The summed E-state index contributed by atoms with van der Waals surface area (Å²) in [4.78, 5) is 24.2. The lowest BCUT2D eigenvalue weighted by atomic mass is 9.84. The van der Waals surface area contributed by atoms with Crippen LogP contribution >= 0.6 is 0 Å². The molecule has 10 rings (SSSR count). The lowest BCUT2D eigenvalue weighted by molar-refractivity contribution is -0.317. The van der Waals surface area contributed by atoms with Crippen molar-refractivity contribution in [1.82, 2.24) is 0 Å². The first-order valence-corrected chi connectivity index (χ1v) is 34.1. The van der Waals surface area contributed by atoms with Crippen LogP contribution in [0.4, 0.5) is 8.78 Å². The van der Waals surface area contributed by atoms with E-state index in [0.717, 1.165) is 5.56 Å². The molecule has 4 aliphatic heterocycles. The van der Waals surface area contributed by atoms with E-state index in [-0.39, 0.29) is 45.4 Å². The van der Waals surface area contributed by atoms with Gasteiger partial charge in [-0.1, -0.05) is 84.9 Å². The Balaban J connectivity index is 0.000000222. The maximum atomic E-state index is 15.0. The number of carboxylic acids is 1. The van der Waals surface area contributed by atoms with Gasteiger partial charge in [-0.05, 0) is 87.8 Å². The second-order valence-corrected chi connectivity index (χ2v) is 28.0. The molecule has 32 nitrogen and oxygen atoms in total. The van der Waals surface area contributed by atoms with Crippen LogP contribution < -0.4 is 57.3 Å². The molecule has 30 N–H and O–H groups in total. The lowest BCUT2D eigenvalue weighted by Crippen LogP contribution is -2.68. The summed E-state index contributed by atoms with van der Waals surface area (Å²) < 4.78 is 86.2. The summed E-state index contributed by atoms with van der Waals surface area (Å²) in [5.74, 6) is -2.56. The van der Waals surface area contributed by atoms with Crippen LogP contribution in [0.3, 0.4) is 0 Å². The highest BCUT2D eigenvalue weighted by Crippen LogP contribution is 2.36. The molecule has 28 atom stereocenters. The van der Waals surface area contributed by atoms with Gasteiger partial charge >= 0.3 is 11.9 Å². The Hall–Kier alpha value is -5.44. The van der Waals surface area contributed by atoms with Crippen molar-refractivity contribution in [3.8, 4) is 22.3 Å². The first-order chi connectivity index (χ1) is 48.6. The second kappa shape index (κ2) is 36.4. The minimum absolute atomic E-state index is 0.0170. The smallest absolute Gasteiger partial charge is 0.318 e. The van der Waals surface area contributed by atoms with E-state index >= 15 is 4.39 Å². The van der Waals surface area contributed by atoms with Gasteiger partial charge in [0.25, 0.3) is 0 Å². The van der Waals surface area contributed by atoms with Crippen molar-refractivity contribution < 1.29 is 117 Å². The van der Waals surface area contributed by atoms with E-state index in [1.165, 1.54) is 12.1 Å². The van der Waals surface area contributed by atoms with Crippen molar-refractivity contribution >= 4 is 11.9 Å². The summed E-state index contributed by atoms with van der Waals surface area (Å²) in [5, 5.41) is 103. The third kappa shape index (κ3) is 19.7. The molecule has 4 aromatic carbocycles. The van der Waals surface area contributed by atoms with Gasteiger partial charge in [-0.25, -0.2) is 8.78 Å². The number of carbonyl (C=O) groups is 2. The van der Waals surface area contributed by atoms with Gasteiger partial charge in [-0.2, -0.15) is 0 Å². The number of halogens is 2. The first kappa shape index (κ1) is 83.2. The Bertz CT molecular complexity index is 3340. The fourth-order valence-electron chi connectivity index (χ4n) is 13.0. The van der Waals surface area contributed by atoms with Crippen LogP contribution in [-0.2, 0) is 67.8 Å². The van der Waals surface area contributed by atoms with Gasteiger partial charge in [-0.3, -0.25) is 9.59 Å². The van der Waals surface area contributed by atoms with Gasteiger partial charge in [0.2, 0.25) is 0 Å². The Labute approximate surface area is 594 Å². The summed E-state index contributed by atoms with van der Waals surface area (Å²) >= 11 is 0. The summed E-state index contributed by atoms with van der Waals surface area (Å²) in [6.45, 7) is 4.94. The largest absolute Gasteiger partial charge is 0.481 e. The van der Waals surface area contributed by atoms with Crippen LogP contribution in [0.1, 0.15) is 64.5 Å². The van der Waals surface area contributed by atoms with Crippen molar-refractivity contribution in [2.75, 3.05) is 33.1 Å². The summed E-state index contributed by atoms with van der Waals surface area (Å²) in [7, 11) is 0. The van der Waals surface area contributed by atoms with Gasteiger partial charge in [-0.15, -0.1) is 0 Å². The minimum Gasteiger partial charge on any atom is -0.481 e. The predicted octanol–water partition coefficient (Wildman–Crippen LogP) is -4.43. The van der Waals surface area contributed by atoms with Gasteiger partial charge in [0, 0.05) is 48.4 Å². The molecule has 6 fully saturated rings. The highest BCUT2D eigenvalue weighted by Gasteiger charge is 2.53. The fraction of sp³-hybridized carbons (Fsp3) is 0.623. The SMILES string of the molecule is CC(C)(C(=O)O)c1ccc(-c2ccccc2)c(F)c1.CC(C)(C(=O)OCOC[C@H]1O[C@H](O[C@@H]2[C@@H](O)[C@H](O[C@H]3O[C@H](CN)[C@@H](O)C[C@H]3N)[C@@H](N)C[C@H]2N)[C@H](O)[C@@H](N)[C@@H]1O)c1ccc(-c2ccccc2)c(F)c1.NC[C@H]1O[C@H](O[C@H]2[C@H](O)[C@@H](O[C@H]3O[C@H](CO)[C@@H](O)[C@H](N)[C@H]3O)[C@H](N)C[C@@H]2N)[C@H](N)C[C@@H]1O. The summed E-state index contributed by atoms with van der Waals surface area (Å²) in [6.07, 6.45) is -22.4. The number of ether oxygens (including phenoxy) is 10. The fourth-order valence-corrected chi connectivity index (χ4v) is 13.0. The molecule has 0 aromatic heterocycles. The summed E-state index contributed by atoms with van der Waals surface area (Å²) in [6, 6.07) is 20.5. The molecule has 103 heavy (non-hydrogen) atoms. The molecule has 0 bridgehead atoms. The average Bonchev–Trinajstić information content (AvgIpc) is 0.796. The number of hydrogen-bond acceptors (Lipinski definition) is 31. The zero-order valence-electron chi connectivity index (χ0n) is 57.7. The highest BCUT2D eigenvalue weighted by molar-refractivity contribution is 5.83. The van der Waals surface area contributed by atoms with Gasteiger partial charge < -0.3 is 156 Å². The number of nitrogens with two attached hydrogens (primary N) is 10. The Morgan fingerprint density at radius 3 is 1.19 bits per heavy atom. The number of esters is 1. The van der Waals surface area contributed by atoms with E-state index in [4.69, 9.17) is 110 Å². The molecular formula is C69H104F2N10O22. The molecule has 0 unspecified atom stereocenters. The number of carbonyl (C=O) groups excluding carboxylic acids is 1. The number of aliphatic hydroxyl groups excluding tert-OH is 9. The maximum Gasteiger partial charge on any atom is 0.318 e. The molecule has 0 radical (unpaired) electrons. The summed E-state index contributed by atoms with van der Waals surface area (Å²) in [5.41, 5.74) is 61.2. The van der Waals surface area contributed by atoms with E-state index < -0.39 is 219 Å². The molecule has 4 aromatic rings. The van der Waals surface area contributed by atoms with E-state index in [1.54, 1.807) is 76.2 Å². The Morgan fingerprint density at radius 2 is 0.825 bits per heavy atom. The van der Waals surface area contributed by atoms with Gasteiger partial charge in [0.1, 0.15) is 84.9 Å². The third-order valence-electron chi connectivity index (χ3n) is 19.8. The van der Waals surface area contributed by atoms with Crippen molar-refractivity contribution in [2.24, 2.45) is 57.3 Å². The quantitative estimate of drug-likeness (QED) is 0.0213. The topological polar surface area (TPSA) is 589 Å². The van der Waals surface area contributed by atoms with Crippen LogP contribution in [0, 0.1) is 11.6 Å². The van der Waals surface area contributed by atoms with Crippen LogP contribution in [0.2, 0.25) is 0 Å². The molecule has 0 spiro atoms. The van der Waals surface area contributed by atoms with E-state index in [0.29, 0.717) is 27.8 Å². The van der Waals surface area contributed by atoms with E-state index in [9.17, 15) is 59.9 Å². The second-order valence-electron chi connectivity index (χ2n) is 28.0. The molecule has 4 heterocycles. The van der Waals surface area contributed by atoms with Crippen LogP contribution in [0.5, 0.6) is 0 Å². The number of carboxylic acid groups (broad SMARTS) is 1. The maximum absolute atomic E-state index is 15.0. The molecule has 4 saturated heterocycles. The standard InChI is InChI=1S/C35H52FN5O11.C18H37N5O9.C16H15FO2/c1-35(2,17-8-9-18(19(36)10-17)16-6-4-3-5-7-16)34(46)48-15-47-14-25-27(43)26(41)28(44)33(50-25)52-31-21(39)11-20(38)30(29(31)45)51-32-22(40)12-23(42)24(13-37)49-32;19-3-9-8(25)2-7(22)17(29-9)31-15-5(20)1-6(21)16(14(15)28)32-18-13(27)11(23)12(26)10(4-24)30-18;1-16(2,15(18)19)12-8-9-13(14(17)10-12)11-6-4-3-5-7-11/h3-10,20-33,42-45H,11-15,37-41H2,1-2H3;5-18,24-28H,1-4,19-23H2;3-10H,1-2H3,(H,18,19)/t20-,21+,22+,23-,24+,25+,26-,27+,28+,29-,30+,31-,32+,33+;5-,6+,7+,8-,9+,10+,11-,12+,13+,14-,15+,16-,17+,18+;/m00./s1. The van der Waals surface area contributed by atoms with Crippen LogP contribution in [0.15, 0.2) is 97.1 Å². The predicted molar refractivity (Wildman–Crippen MR) is 364 cm³/mol. The minimum atomic E-state index is -1.55. The highest BCUT2D eigenvalue weighted by atomic mass is 19.1. The molecule has 0 amide bonds. The molecule has 6 aliphatic rings. The lowest BCUT2D eigenvalue weighted by Gasteiger charge is -2.48. The first-order valence-electron chi connectivity index (χ1n) is 34.1. The van der Waals surface area contributed by atoms with Gasteiger partial charge in [0.15, 0.2) is 32.0 Å². The van der Waals surface area contributed by atoms with Crippen molar-refractivity contribution in [3.63, 3.8) is 0 Å². The monoisotopic (exact) mass is 1460 g/mol. The Kier molecular flexibility index (Phi) is 29.4. The number of rotatable bonds is 21. The average molecular weight is 1460 g/mol. The molecule has 2 aliphatic carbocycles. The van der Waals surface area contributed by atoms with Crippen LogP contribution in [-0.4, -0.2) is 267 Å². The molecule has 34 heteroatoms. The Morgan fingerprint density at radius 1 is 0.466 bits per heavy atom.